The maximum Gasteiger partial charge on any atom is 0.274 e. The average molecular weight is 226 g/mol. The normalized spacial score (nSPS) is 11.5. The lowest BCUT2D eigenvalue weighted by molar-refractivity contribution is 0.0228. The highest BCUT2D eigenvalue weighted by Gasteiger charge is 2.20. The van der Waals surface area contributed by atoms with Crippen molar-refractivity contribution >= 4 is 11.6 Å². The van der Waals surface area contributed by atoms with Crippen molar-refractivity contribution in [2.75, 3.05) is 19.4 Å². The first-order chi connectivity index (χ1) is 7.35. The fourth-order valence-corrected chi connectivity index (χ4v) is 1.13. The summed E-state index contributed by atoms with van der Waals surface area (Å²) in [6.45, 7) is 4.17. The molecule has 0 radical (unpaired) electrons. The van der Waals surface area contributed by atoms with Gasteiger partial charge in [-0.15, -0.1) is 0 Å². The number of hydrogen-bond acceptors (Lipinski definition) is 4. The fourth-order valence-electron chi connectivity index (χ4n) is 1.13. The Morgan fingerprint density at radius 1 is 1.69 bits per heavy atom. The number of hydrogen-bond donors (Lipinski definition) is 2. The molecule has 1 aromatic rings. The molecular weight excluding hydrogens is 208 g/mol. The predicted molar refractivity (Wildman–Crippen MR) is 61.0 cm³/mol. The standard InChI is InChI=1S/C10H18N4O2/c1-10(2,16-4)6-12-9(15)8-7(11)5-14(3)13-8/h5H,6,11H2,1-4H3,(H,12,15). The molecule has 1 heterocycles. The second-order valence-corrected chi connectivity index (χ2v) is 4.25. The van der Waals surface area contributed by atoms with Crippen molar-refractivity contribution in [2.45, 2.75) is 19.4 Å². The maximum absolute atomic E-state index is 11.7. The molecule has 6 heteroatoms. The van der Waals surface area contributed by atoms with Gasteiger partial charge in [-0.1, -0.05) is 0 Å². The van der Waals surface area contributed by atoms with Crippen LogP contribution >= 0.6 is 0 Å². The first-order valence-corrected chi connectivity index (χ1v) is 4.98. The lowest BCUT2D eigenvalue weighted by Crippen LogP contribution is -2.40. The van der Waals surface area contributed by atoms with Crippen molar-refractivity contribution in [3.63, 3.8) is 0 Å². The van der Waals surface area contributed by atoms with Crippen LogP contribution in [0.15, 0.2) is 6.20 Å². The van der Waals surface area contributed by atoms with Crippen molar-refractivity contribution in [1.29, 1.82) is 0 Å². The van der Waals surface area contributed by atoms with E-state index in [4.69, 9.17) is 10.5 Å². The van der Waals surface area contributed by atoms with Crippen molar-refractivity contribution in [2.24, 2.45) is 7.05 Å². The Hall–Kier alpha value is -1.56. The highest BCUT2D eigenvalue weighted by atomic mass is 16.5. The number of nitrogens with one attached hydrogen (secondary N) is 1. The van der Waals surface area contributed by atoms with E-state index in [1.54, 1.807) is 20.4 Å². The topological polar surface area (TPSA) is 82.2 Å². The molecule has 1 amide bonds. The Labute approximate surface area is 94.8 Å². The zero-order valence-electron chi connectivity index (χ0n) is 10.1. The van der Waals surface area contributed by atoms with E-state index in [1.165, 1.54) is 4.68 Å². The number of anilines is 1. The Balaban J connectivity index is 2.63. The number of carbonyl (C=O) groups is 1. The molecule has 0 bridgehead atoms. The minimum atomic E-state index is -0.404. The molecular formula is C10H18N4O2. The van der Waals surface area contributed by atoms with Crippen LogP contribution in [0.3, 0.4) is 0 Å². The minimum absolute atomic E-state index is 0.245. The maximum atomic E-state index is 11.7. The number of ether oxygens (including phenoxy) is 1. The van der Waals surface area contributed by atoms with Gasteiger partial charge in [0, 0.05) is 26.9 Å². The third-order valence-corrected chi connectivity index (χ3v) is 2.30. The van der Waals surface area contributed by atoms with E-state index < -0.39 is 5.60 Å². The summed E-state index contributed by atoms with van der Waals surface area (Å²) in [5, 5.41) is 6.70. The van der Waals surface area contributed by atoms with Crippen molar-refractivity contribution < 1.29 is 9.53 Å². The minimum Gasteiger partial charge on any atom is -0.396 e. The molecule has 0 fully saturated rings. The van der Waals surface area contributed by atoms with Crippen molar-refractivity contribution in [3.05, 3.63) is 11.9 Å². The van der Waals surface area contributed by atoms with E-state index >= 15 is 0 Å². The highest BCUT2D eigenvalue weighted by molar-refractivity contribution is 5.97. The molecule has 0 aliphatic carbocycles. The molecule has 1 rings (SSSR count). The SMILES string of the molecule is COC(C)(C)CNC(=O)c1nn(C)cc1N. The molecule has 3 N–H and O–H groups in total. The number of nitrogen functional groups attached to an aromatic ring is 1. The van der Waals surface area contributed by atoms with Gasteiger partial charge in [0.1, 0.15) is 0 Å². The lowest BCUT2D eigenvalue weighted by Gasteiger charge is -2.22. The summed E-state index contributed by atoms with van der Waals surface area (Å²) in [5.74, 6) is -0.289. The van der Waals surface area contributed by atoms with Crippen LogP contribution in [-0.4, -0.2) is 34.9 Å². The zero-order chi connectivity index (χ0) is 12.3. The molecule has 0 saturated carbocycles. The second-order valence-electron chi connectivity index (χ2n) is 4.25. The van der Waals surface area contributed by atoms with Gasteiger partial charge in [-0.05, 0) is 13.8 Å². The summed E-state index contributed by atoms with van der Waals surface area (Å²) >= 11 is 0. The first kappa shape index (κ1) is 12.5. The Morgan fingerprint density at radius 3 is 2.75 bits per heavy atom. The summed E-state index contributed by atoms with van der Waals surface area (Å²) in [4.78, 5) is 11.7. The van der Waals surface area contributed by atoms with Crippen LogP contribution in [0.4, 0.5) is 5.69 Å². The third kappa shape index (κ3) is 2.96. The number of aryl methyl sites for hydroxylation is 1. The predicted octanol–water partition coefficient (Wildman–Crippen LogP) is 0.157. The largest absolute Gasteiger partial charge is 0.396 e. The summed E-state index contributed by atoms with van der Waals surface area (Å²) in [7, 11) is 3.31. The molecule has 1 aromatic heterocycles. The van der Waals surface area contributed by atoms with Gasteiger partial charge >= 0.3 is 0 Å². The summed E-state index contributed by atoms with van der Waals surface area (Å²) < 4.78 is 6.69. The van der Waals surface area contributed by atoms with E-state index in [2.05, 4.69) is 10.4 Å². The van der Waals surface area contributed by atoms with Gasteiger partial charge in [0.25, 0.3) is 5.91 Å². The number of methoxy groups -OCH3 is 1. The van der Waals surface area contributed by atoms with Gasteiger partial charge in [0.2, 0.25) is 0 Å². The lowest BCUT2D eigenvalue weighted by atomic mass is 10.1. The molecule has 0 aromatic carbocycles. The number of carbonyl (C=O) groups excluding carboxylic acids is 1. The van der Waals surface area contributed by atoms with Crippen LogP contribution in [0.25, 0.3) is 0 Å². The van der Waals surface area contributed by atoms with Gasteiger partial charge in [-0.25, -0.2) is 0 Å². The molecule has 0 spiro atoms. The molecule has 0 atom stereocenters. The summed E-state index contributed by atoms with van der Waals surface area (Å²) in [5.41, 5.74) is 5.85. The quantitative estimate of drug-likeness (QED) is 0.766. The molecule has 0 aliphatic rings. The van der Waals surface area contributed by atoms with E-state index in [1.807, 2.05) is 13.8 Å². The van der Waals surface area contributed by atoms with Gasteiger partial charge < -0.3 is 15.8 Å². The molecule has 16 heavy (non-hydrogen) atoms. The number of amides is 1. The van der Waals surface area contributed by atoms with Crippen LogP contribution < -0.4 is 11.1 Å². The van der Waals surface area contributed by atoms with Crippen LogP contribution in [-0.2, 0) is 11.8 Å². The smallest absolute Gasteiger partial charge is 0.274 e. The van der Waals surface area contributed by atoms with Crippen LogP contribution in [0.5, 0.6) is 0 Å². The second kappa shape index (κ2) is 4.52. The Bertz CT molecular complexity index is 384. The molecule has 90 valence electrons. The first-order valence-electron chi connectivity index (χ1n) is 4.98. The molecule has 6 nitrogen and oxygen atoms in total. The van der Waals surface area contributed by atoms with E-state index in [9.17, 15) is 4.79 Å². The van der Waals surface area contributed by atoms with Crippen molar-refractivity contribution in [3.8, 4) is 0 Å². The number of aromatic nitrogens is 2. The van der Waals surface area contributed by atoms with Gasteiger partial charge in [0.15, 0.2) is 5.69 Å². The third-order valence-electron chi connectivity index (χ3n) is 2.30. The monoisotopic (exact) mass is 226 g/mol. The Morgan fingerprint density at radius 2 is 2.31 bits per heavy atom. The van der Waals surface area contributed by atoms with Crippen molar-refractivity contribution in [1.82, 2.24) is 15.1 Å². The van der Waals surface area contributed by atoms with E-state index in [-0.39, 0.29) is 11.6 Å². The van der Waals surface area contributed by atoms with Crippen LogP contribution in [0, 0.1) is 0 Å². The Kier molecular flexibility index (Phi) is 3.54. The number of nitrogens with zero attached hydrogens (tertiary/aromatic N) is 2. The molecule has 0 unspecified atom stereocenters. The van der Waals surface area contributed by atoms with Gasteiger partial charge in [-0.2, -0.15) is 5.10 Å². The summed E-state index contributed by atoms with van der Waals surface area (Å²) in [6, 6.07) is 0. The zero-order valence-corrected chi connectivity index (χ0v) is 10.1. The van der Waals surface area contributed by atoms with Gasteiger partial charge in [-0.3, -0.25) is 9.48 Å². The van der Waals surface area contributed by atoms with Gasteiger partial charge in [0.05, 0.1) is 11.3 Å². The van der Waals surface area contributed by atoms with Crippen LogP contribution in [0.2, 0.25) is 0 Å². The molecule has 0 saturated heterocycles. The van der Waals surface area contributed by atoms with E-state index in [0.717, 1.165) is 0 Å². The van der Waals surface area contributed by atoms with E-state index in [0.29, 0.717) is 12.2 Å². The fraction of sp³-hybridized carbons (Fsp3) is 0.600. The average Bonchev–Trinajstić information content (AvgIpc) is 2.54. The summed E-state index contributed by atoms with van der Waals surface area (Å²) in [6.07, 6.45) is 1.59. The number of rotatable bonds is 4. The highest BCUT2D eigenvalue weighted by Crippen LogP contribution is 2.09. The number of nitrogens with two attached hydrogens (primary N) is 1. The molecule has 0 aliphatic heterocycles. The van der Waals surface area contributed by atoms with Crippen LogP contribution in [0.1, 0.15) is 24.3 Å².